The minimum Gasteiger partial charge on any atom is -0.401 e. The van der Waals surface area contributed by atoms with Crippen LogP contribution in [0.1, 0.15) is 32.3 Å². The number of aryl methyl sites for hydroxylation is 1. The summed E-state index contributed by atoms with van der Waals surface area (Å²) < 4.78 is 0. The third-order valence-corrected chi connectivity index (χ3v) is 4.30. The molecule has 0 fully saturated rings. The molecule has 3 heteroatoms. The maximum absolute atomic E-state index is 12.1. The molecule has 0 saturated heterocycles. The topological polar surface area (TPSA) is 43.1 Å². The highest BCUT2D eigenvalue weighted by Gasteiger charge is 2.32. The monoisotopic (exact) mass is 261 g/mol. The highest BCUT2D eigenvalue weighted by atomic mass is 32.2. The molecule has 96 valence electrons. The molecular weight excluding hydrogens is 242 g/mol. The molecule has 0 aromatic heterocycles. The summed E-state index contributed by atoms with van der Waals surface area (Å²) in [4.78, 5) is 13.9. The van der Waals surface area contributed by atoms with Crippen molar-refractivity contribution in [1.29, 1.82) is 0 Å². The van der Waals surface area contributed by atoms with Crippen LogP contribution < -0.4 is 5.73 Å². The van der Waals surface area contributed by atoms with Crippen molar-refractivity contribution in [1.82, 2.24) is 0 Å². The van der Waals surface area contributed by atoms with Crippen molar-refractivity contribution in [2.75, 3.05) is 0 Å². The number of carbonyl (C=O) groups excluding carboxylic acids is 1. The van der Waals surface area contributed by atoms with Crippen LogP contribution in [-0.4, -0.2) is 5.78 Å². The van der Waals surface area contributed by atoms with Crippen LogP contribution in [0.25, 0.3) is 0 Å². The van der Waals surface area contributed by atoms with Gasteiger partial charge in [0, 0.05) is 17.0 Å². The molecule has 2 nitrogen and oxygen atoms in total. The Morgan fingerprint density at radius 3 is 2.33 bits per heavy atom. The van der Waals surface area contributed by atoms with Crippen LogP contribution in [-0.2, 0) is 4.79 Å². The maximum Gasteiger partial charge on any atom is 0.171 e. The lowest BCUT2D eigenvalue weighted by molar-refractivity contribution is -0.117. The molecule has 0 amide bonds. The maximum atomic E-state index is 12.1. The predicted octanol–water partition coefficient (Wildman–Crippen LogP) is 3.65. The van der Waals surface area contributed by atoms with E-state index in [0.717, 1.165) is 21.9 Å². The summed E-state index contributed by atoms with van der Waals surface area (Å²) in [5.41, 5.74) is 8.02. The van der Waals surface area contributed by atoms with Gasteiger partial charge in [-0.1, -0.05) is 43.3 Å². The van der Waals surface area contributed by atoms with Crippen LogP contribution in [0.4, 0.5) is 0 Å². The largest absolute Gasteiger partial charge is 0.401 e. The number of benzene rings is 1. The first-order valence-electron chi connectivity index (χ1n) is 6.14. The van der Waals surface area contributed by atoms with Crippen LogP contribution in [0.15, 0.2) is 39.8 Å². The highest BCUT2D eigenvalue weighted by Crippen LogP contribution is 2.40. The Hall–Kier alpha value is -1.22. The van der Waals surface area contributed by atoms with E-state index in [-0.39, 0.29) is 11.2 Å². The molecule has 2 rings (SSSR count). The van der Waals surface area contributed by atoms with E-state index < -0.39 is 0 Å². The van der Waals surface area contributed by atoms with Gasteiger partial charge in [0.25, 0.3) is 0 Å². The Labute approximate surface area is 113 Å². The zero-order valence-corrected chi connectivity index (χ0v) is 11.9. The molecule has 0 bridgehead atoms. The first kappa shape index (κ1) is 13.2. The number of allylic oxidation sites excluding steroid dienone is 2. The average Bonchev–Trinajstić information content (AvgIpc) is 2.24. The summed E-state index contributed by atoms with van der Waals surface area (Å²) in [5, 5.41) is 0. The van der Waals surface area contributed by atoms with Gasteiger partial charge in [0.2, 0.25) is 0 Å². The fourth-order valence-electron chi connectivity index (χ4n) is 2.20. The van der Waals surface area contributed by atoms with Crippen molar-refractivity contribution in [2.24, 2.45) is 11.1 Å². The lowest BCUT2D eigenvalue weighted by atomic mass is 9.79. The molecule has 2 N–H and O–H groups in total. The Morgan fingerprint density at radius 2 is 1.78 bits per heavy atom. The number of ketones is 1. The molecule has 0 radical (unpaired) electrons. The summed E-state index contributed by atoms with van der Waals surface area (Å²) in [6, 6.07) is 8.17. The molecule has 1 aliphatic rings. The van der Waals surface area contributed by atoms with Crippen molar-refractivity contribution in [3.63, 3.8) is 0 Å². The van der Waals surface area contributed by atoms with Gasteiger partial charge in [0.1, 0.15) is 0 Å². The predicted molar refractivity (Wildman–Crippen MR) is 76.3 cm³/mol. The van der Waals surface area contributed by atoms with E-state index in [4.69, 9.17) is 5.73 Å². The molecule has 0 saturated carbocycles. The van der Waals surface area contributed by atoms with Crippen molar-refractivity contribution in [2.45, 2.75) is 38.5 Å². The average molecular weight is 261 g/mol. The van der Waals surface area contributed by atoms with E-state index in [1.54, 1.807) is 0 Å². The minimum atomic E-state index is -0.00149. The molecule has 18 heavy (non-hydrogen) atoms. The van der Waals surface area contributed by atoms with Gasteiger partial charge in [-0.2, -0.15) is 0 Å². The van der Waals surface area contributed by atoms with Gasteiger partial charge in [0.15, 0.2) is 5.78 Å². The van der Waals surface area contributed by atoms with Crippen molar-refractivity contribution >= 4 is 17.5 Å². The fourth-order valence-corrected chi connectivity index (χ4v) is 3.10. The highest BCUT2D eigenvalue weighted by molar-refractivity contribution is 8.04. The van der Waals surface area contributed by atoms with E-state index in [1.807, 2.05) is 12.1 Å². The van der Waals surface area contributed by atoms with Gasteiger partial charge in [-0.15, -0.1) is 0 Å². The quantitative estimate of drug-likeness (QED) is 0.883. The van der Waals surface area contributed by atoms with Gasteiger partial charge in [-0.25, -0.2) is 0 Å². The number of thioether (sulfide) groups is 1. The van der Waals surface area contributed by atoms with Crippen LogP contribution in [0.2, 0.25) is 0 Å². The molecule has 0 spiro atoms. The van der Waals surface area contributed by atoms with Crippen molar-refractivity contribution in [3.05, 3.63) is 40.4 Å². The lowest BCUT2D eigenvalue weighted by Crippen LogP contribution is -2.27. The number of rotatable bonds is 2. The van der Waals surface area contributed by atoms with Crippen LogP contribution in [0, 0.1) is 12.3 Å². The summed E-state index contributed by atoms with van der Waals surface area (Å²) in [5.74, 6) is 0.175. The second-order valence-electron chi connectivity index (χ2n) is 5.71. The van der Waals surface area contributed by atoms with E-state index in [0.29, 0.717) is 6.42 Å². The zero-order valence-electron chi connectivity index (χ0n) is 11.1. The van der Waals surface area contributed by atoms with Crippen LogP contribution in [0.3, 0.4) is 0 Å². The molecule has 0 unspecified atom stereocenters. The number of hydrogen-bond donors (Lipinski definition) is 1. The molecule has 0 heterocycles. The third kappa shape index (κ3) is 2.96. The molecule has 1 aromatic rings. The number of nitrogens with two attached hydrogens (primary N) is 1. The van der Waals surface area contributed by atoms with Gasteiger partial charge in [0.05, 0.1) is 4.91 Å². The molecule has 0 atom stereocenters. The number of hydrogen-bond acceptors (Lipinski definition) is 3. The van der Waals surface area contributed by atoms with Gasteiger partial charge in [-0.05, 0) is 30.9 Å². The summed E-state index contributed by atoms with van der Waals surface area (Å²) in [6.07, 6.45) is 1.38. The van der Waals surface area contributed by atoms with E-state index in [2.05, 4.69) is 32.9 Å². The second kappa shape index (κ2) is 4.81. The van der Waals surface area contributed by atoms with Crippen molar-refractivity contribution in [3.8, 4) is 0 Å². The first-order valence-corrected chi connectivity index (χ1v) is 6.95. The van der Waals surface area contributed by atoms with Crippen molar-refractivity contribution < 1.29 is 4.79 Å². The number of carbonyl (C=O) groups is 1. The smallest absolute Gasteiger partial charge is 0.171 e. The van der Waals surface area contributed by atoms with E-state index >= 15 is 0 Å². The third-order valence-electron chi connectivity index (χ3n) is 3.09. The normalized spacial score (nSPS) is 19.2. The van der Waals surface area contributed by atoms with E-state index in [9.17, 15) is 4.79 Å². The van der Waals surface area contributed by atoms with E-state index in [1.165, 1.54) is 17.3 Å². The molecule has 1 aliphatic carbocycles. The number of Topliss-reactive ketones (excluding diaryl/α,β-unsaturated/α-hetero) is 1. The fraction of sp³-hybridized carbons (Fsp3) is 0.400. The Bertz CT molecular complexity index is 500. The SMILES string of the molecule is Cc1ccc(SC2=C(N)CC(C)(C)CC2=O)cc1. The Kier molecular flexibility index (Phi) is 3.53. The van der Waals surface area contributed by atoms with Gasteiger partial charge < -0.3 is 5.73 Å². The Balaban J connectivity index is 2.23. The summed E-state index contributed by atoms with van der Waals surface area (Å²) >= 11 is 1.50. The minimum absolute atomic E-state index is 0.00149. The van der Waals surface area contributed by atoms with Gasteiger partial charge >= 0.3 is 0 Å². The lowest BCUT2D eigenvalue weighted by Gasteiger charge is -2.30. The van der Waals surface area contributed by atoms with Crippen LogP contribution >= 0.6 is 11.8 Å². The molecule has 0 aliphatic heterocycles. The summed E-state index contributed by atoms with van der Waals surface area (Å²) in [7, 11) is 0. The molecule has 1 aromatic carbocycles. The Morgan fingerprint density at radius 1 is 1.17 bits per heavy atom. The van der Waals surface area contributed by atoms with Gasteiger partial charge in [-0.3, -0.25) is 4.79 Å². The second-order valence-corrected chi connectivity index (χ2v) is 6.79. The van der Waals surface area contributed by atoms with Crippen LogP contribution in [0.5, 0.6) is 0 Å². The first-order chi connectivity index (χ1) is 8.37. The zero-order chi connectivity index (χ0) is 13.3. The summed E-state index contributed by atoms with van der Waals surface area (Å²) in [6.45, 7) is 6.23. The molecular formula is C15H19NOS. The standard InChI is InChI=1S/C15H19NOS/c1-10-4-6-11(7-5-10)18-14-12(16)8-15(2,3)9-13(14)17/h4-7H,8-9,16H2,1-3H3.